The first kappa shape index (κ1) is 16.8. The number of likely N-dealkylation sites (tertiary alicyclic amines) is 1. The Morgan fingerprint density at radius 1 is 1.46 bits per heavy atom. The van der Waals surface area contributed by atoms with Crippen molar-refractivity contribution in [2.24, 2.45) is 0 Å². The summed E-state index contributed by atoms with van der Waals surface area (Å²) < 4.78 is 2.04. The van der Waals surface area contributed by atoms with Gasteiger partial charge in [-0.3, -0.25) is 0 Å². The maximum absolute atomic E-state index is 12.6. The molecule has 1 atom stereocenters. The maximum Gasteiger partial charge on any atom is 0.321 e. The third-order valence-electron chi connectivity index (χ3n) is 4.43. The monoisotopic (exact) mass is 347 g/mol. The standard InChI is InChI=1S/C17H22ClN5O/c1-3-22-11-19-21-16(22)13-5-4-8-23(10-13)17(24)20-15-7-6-12(2)9-14(15)18/h6-7,9,11,13H,3-5,8,10H2,1-2H3,(H,20,24)/t13-/m1/s1. The third kappa shape index (κ3) is 3.53. The fraction of sp³-hybridized carbons (Fsp3) is 0.471. The minimum Gasteiger partial charge on any atom is -0.324 e. The number of nitrogens with zero attached hydrogens (tertiary/aromatic N) is 4. The first-order valence-corrected chi connectivity index (χ1v) is 8.66. The molecule has 1 aliphatic rings. The van der Waals surface area contributed by atoms with Crippen molar-refractivity contribution in [1.29, 1.82) is 0 Å². The second kappa shape index (κ2) is 7.21. The number of aryl methyl sites for hydroxylation is 2. The van der Waals surface area contributed by atoms with Crippen molar-refractivity contribution in [3.63, 3.8) is 0 Å². The third-order valence-corrected chi connectivity index (χ3v) is 4.74. The second-order valence-corrected chi connectivity index (χ2v) is 6.58. The second-order valence-electron chi connectivity index (χ2n) is 6.17. The molecule has 0 saturated carbocycles. The molecular weight excluding hydrogens is 326 g/mol. The molecule has 1 fully saturated rings. The van der Waals surface area contributed by atoms with Crippen LogP contribution in [0.5, 0.6) is 0 Å². The van der Waals surface area contributed by atoms with E-state index in [9.17, 15) is 4.79 Å². The van der Waals surface area contributed by atoms with Gasteiger partial charge in [-0.2, -0.15) is 0 Å². The zero-order valence-corrected chi connectivity index (χ0v) is 14.8. The van der Waals surface area contributed by atoms with Crippen LogP contribution in [0.3, 0.4) is 0 Å². The van der Waals surface area contributed by atoms with E-state index >= 15 is 0 Å². The summed E-state index contributed by atoms with van der Waals surface area (Å²) in [5, 5.41) is 11.7. The molecule has 0 unspecified atom stereocenters. The van der Waals surface area contributed by atoms with Crippen LogP contribution in [-0.4, -0.2) is 38.8 Å². The zero-order chi connectivity index (χ0) is 17.1. The Kier molecular flexibility index (Phi) is 5.04. The summed E-state index contributed by atoms with van der Waals surface area (Å²) in [4.78, 5) is 14.4. The summed E-state index contributed by atoms with van der Waals surface area (Å²) in [6.45, 7) is 6.26. The minimum absolute atomic E-state index is 0.118. The van der Waals surface area contributed by atoms with Gasteiger partial charge in [-0.25, -0.2) is 4.79 Å². The lowest BCUT2D eigenvalue weighted by Crippen LogP contribution is -2.42. The number of carbonyl (C=O) groups excluding carboxylic acids is 1. The van der Waals surface area contributed by atoms with Gasteiger partial charge in [0.15, 0.2) is 0 Å². The molecule has 0 spiro atoms. The van der Waals surface area contributed by atoms with Gasteiger partial charge in [0.2, 0.25) is 0 Å². The summed E-state index contributed by atoms with van der Waals surface area (Å²) in [6.07, 6.45) is 3.73. The Bertz CT molecular complexity index is 730. The number of halogens is 1. The average molecular weight is 348 g/mol. The molecule has 0 aliphatic carbocycles. The van der Waals surface area contributed by atoms with E-state index in [2.05, 4.69) is 22.4 Å². The van der Waals surface area contributed by atoms with Crippen LogP contribution >= 0.6 is 11.6 Å². The van der Waals surface area contributed by atoms with Gasteiger partial charge >= 0.3 is 6.03 Å². The number of nitrogens with one attached hydrogen (secondary N) is 1. The van der Waals surface area contributed by atoms with E-state index in [1.54, 1.807) is 6.33 Å². The molecule has 6 nitrogen and oxygen atoms in total. The summed E-state index contributed by atoms with van der Waals surface area (Å²) in [6, 6.07) is 5.50. The zero-order valence-electron chi connectivity index (χ0n) is 14.0. The summed E-state index contributed by atoms with van der Waals surface area (Å²) in [5.41, 5.74) is 1.71. The molecule has 24 heavy (non-hydrogen) atoms. The van der Waals surface area contributed by atoms with Crippen molar-refractivity contribution in [3.05, 3.63) is 40.9 Å². The lowest BCUT2D eigenvalue weighted by molar-refractivity contribution is 0.190. The quantitative estimate of drug-likeness (QED) is 0.921. The molecule has 1 aromatic carbocycles. The molecule has 1 aromatic heterocycles. The number of carbonyl (C=O) groups is 1. The Morgan fingerprint density at radius 3 is 3.04 bits per heavy atom. The fourth-order valence-corrected chi connectivity index (χ4v) is 3.39. The average Bonchev–Trinajstić information content (AvgIpc) is 3.06. The molecule has 1 aliphatic heterocycles. The smallest absolute Gasteiger partial charge is 0.321 e. The molecule has 2 heterocycles. The number of benzene rings is 1. The normalized spacial score (nSPS) is 17.8. The van der Waals surface area contributed by atoms with Crippen molar-refractivity contribution < 1.29 is 4.79 Å². The van der Waals surface area contributed by atoms with Crippen LogP contribution in [0, 0.1) is 6.92 Å². The van der Waals surface area contributed by atoms with E-state index in [0.717, 1.165) is 37.3 Å². The maximum atomic E-state index is 12.6. The minimum atomic E-state index is -0.118. The van der Waals surface area contributed by atoms with Gasteiger partial charge in [0, 0.05) is 25.6 Å². The highest BCUT2D eigenvalue weighted by Gasteiger charge is 2.28. The molecule has 7 heteroatoms. The van der Waals surface area contributed by atoms with Crippen molar-refractivity contribution >= 4 is 23.3 Å². The Balaban J connectivity index is 1.69. The lowest BCUT2D eigenvalue weighted by Gasteiger charge is -2.32. The molecule has 3 rings (SSSR count). The molecule has 2 amide bonds. The predicted octanol–water partition coefficient (Wildman–Crippen LogP) is 3.67. The van der Waals surface area contributed by atoms with Gasteiger partial charge in [0.1, 0.15) is 12.2 Å². The molecule has 2 aromatic rings. The van der Waals surface area contributed by atoms with E-state index in [1.165, 1.54) is 0 Å². The lowest BCUT2D eigenvalue weighted by atomic mass is 9.97. The number of hydrogen-bond acceptors (Lipinski definition) is 3. The van der Waals surface area contributed by atoms with Gasteiger partial charge in [-0.15, -0.1) is 10.2 Å². The van der Waals surface area contributed by atoms with Crippen molar-refractivity contribution in [2.45, 2.75) is 39.2 Å². The van der Waals surface area contributed by atoms with Crippen LogP contribution in [0.25, 0.3) is 0 Å². The Morgan fingerprint density at radius 2 is 2.29 bits per heavy atom. The van der Waals surface area contributed by atoms with Crippen LogP contribution in [-0.2, 0) is 6.54 Å². The van der Waals surface area contributed by atoms with Gasteiger partial charge in [0.05, 0.1) is 10.7 Å². The number of urea groups is 1. The molecular formula is C17H22ClN5O. The highest BCUT2D eigenvalue weighted by molar-refractivity contribution is 6.33. The number of aromatic nitrogens is 3. The molecule has 0 radical (unpaired) electrons. The van der Waals surface area contributed by atoms with E-state index in [-0.39, 0.29) is 11.9 Å². The summed E-state index contributed by atoms with van der Waals surface area (Å²) >= 11 is 6.21. The number of anilines is 1. The van der Waals surface area contributed by atoms with Gasteiger partial charge in [-0.05, 0) is 44.4 Å². The van der Waals surface area contributed by atoms with Crippen LogP contribution in [0.4, 0.5) is 10.5 Å². The molecule has 1 saturated heterocycles. The molecule has 128 valence electrons. The highest BCUT2D eigenvalue weighted by Crippen LogP contribution is 2.27. The summed E-state index contributed by atoms with van der Waals surface area (Å²) in [5.74, 6) is 1.18. The fourth-order valence-electron chi connectivity index (χ4n) is 3.11. The number of amides is 2. The summed E-state index contributed by atoms with van der Waals surface area (Å²) in [7, 11) is 0. The Labute approximate surface area is 146 Å². The predicted molar refractivity (Wildman–Crippen MR) is 94.5 cm³/mol. The van der Waals surface area contributed by atoms with Gasteiger partial charge in [0.25, 0.3) is 0 Å². The van der Waals surface area contributed by atoms with Crippen LogP contribution in [0.2, 0.25) is 5.02 Å². The number of piperidine rings is 1. The number of hydrogen-bond donors (Lipinski definition) is 1. The Hall–Kier alpha value is -2.08. The highest BCUT2D eigenvalue weighted by atomic mass is 35.5. The van der Waals surface area contributed by atoms with Gasteiger partial charge in [-0.1, -0.05) is 17.7 Å². The van der Waals surface area contributed by atoms with Crippen LogP contribution in [0.1, 0.15) is 37.1 Å². The molecule has 0 bridgehead atoms. The van der Waals surface area contributed by atoms with Gasteiger partial charge < -0.3 is 14.8 Å². The van der Waals surface area contributed by atoms with E-state index in [1.807, 2.05) is 34.6 Å². The first-order valence-electron chi connectivity index (χ1n) is 8.28. The SMILES string of the molecule is CCn1cnnc1[C@@H]1CCCN(C(=O)Nc2ccc(C)cc2Cl)C1. The molecule has 1 N–H and O–H groups in total. The van der Waals surface area contributed by atoms with Crippen molar-refractivity contribution in [2.75, 3.05) is 18.4 Å². The van der Waals surface area contributed by atoms with E-state index < -0.39 is 0 Å². The number of rotatable bonds is 3. The van der Waals surface area contributed by atoms with Crippen molar-refractivity contribution in [3.8, 4) is 0 Å². The largest absolute Gasteiger partial charge is 0.324 e. The van der Waals surface area contributed by atoms with Crippen LogP contribution < -0.4 is 5.32 Å². The van der Waals surface area contributed by atoms with E-state index in [0.29, 0.717) is 17.3 Å². The topological polar surface area (TPSA) is 63.1 Å². The van der Waals surface area contributed by atoms with E-state index in [4.69, 9.17) is 11.6 Å². The van der Waals surface area contributed by atoms with Crippen LogP contribution in [0.15, 0.2) is 24.5 Å². The van der Waals surface area contributed by atoms with Crippen molar-refractivity contribution in [1.82, 2.24) is 19.7 Å². The first-order chi connectivity index (χ1) is 11.6.